The van der Waals surface area contributed by atoms with Gasteiger partial charge in [-0.05, 0) is 48.8 Å². The fourth-order valence-electron chi connectivity index (χ4n) is 3.68. The number of methoxy groups -OCH3 is 1. The Labute approximate surface area is 130 Å². The lowest BCUT2D eigenvalue weighted by Gasteiger charge is -2.42. The molecule has 3 unspecified atom stereocenters. The van der Waals surface area contributed by atoms with Gasteiger partial charge in [0.15, 0.2) is 0 Å². The van der Waals surface area contributed by atoms with Gasteiger partial charge < -0.3 is 10.1 Å². The summed E-state index contributed by atoms with van der Waals surface area (Å²) in [5.41, 5.74) is 1.73. The summed E-state index contributed by atoms with van der Waals surface area (Å²) < 4.78 is 5.24. The molecular formula is C19H31NO. The van der Waals surface area contributed by atoms with Crippen LogP contribution in [0.2, 0.25) is 0 Å². The van der Waals surface area contributed by atoms with Crippen LogP contribution in [0.25, 0.3) is 0 Å². The Hall–Kier alpha value is -1.02. The van der Waals surface area contributed by atoms with Crippen molar-refractivity contribution in [2.45, 2.75) is 65.5 Å². The van der Waals surface area contributed by atoms with Crippen molar-refractivity contribution in [2.24, 2.45) is 11.3 Å². The van der Waals surface area contributed by atoms with Crippen LogP contribution in [0.1, 0.15) is 65.0 Å². The second kappa shape index (κ2) is 6.83. The standard InChI is InChI=1S/C19H31NO/c1-14(15-10-12-16(21-5)13-11-15)20-18-9-7-6-8-17(18)19(2,3)4/h10-14,17-18,20H,6-9H2,1-5H3. The molecule has 0 amide bonds. The first-order valence-electron chi connectivity index (χ1n) is 8.32. The van der Waals surface area contributed by atoms with Gasteiger partial charge in [-0.2, -0.15) is 0 Å². The Morgan fingerprint density at radius 1 is 1.10 bits per heavy atom. The predicted molar refractivity (Wildman–Crippen MR) is 89.7 cm³/mol. The first-order chi connectivity index (χ1) is 9.91. The van der Waals surface area contributed by atoms with Crippen LogP contribution < -0.4 is 10.1 Å². The van der Waals surface area contributed by atoms with Crippen molar-refractivity contribution in [3.63, 3.8) is 0 Å². The quantitative estimate of drug-likeness (QED) is 0.846. The first-order valence-corrected chi connectivity index (χ1v) is 8.32. The van der Waals surface area contributed by atoms with Crippen LogP contribution in [0.5, 0.6) is 5.75 Å². The van der Waals surface area contributed by atoms with Crippen molar-refractivity contribution in [1.82, 2.24) is 5.32 Å². The van der Waals surface area contributed by atoms with Crippen molar-refractivity contribution >= 4 is 0 Å². The second-order valence-electron chi connectivity index (χ2n) is 7.52. The monoisotopic (exact) mass is 289 g/mol. The van der Waals surface area contributed by atoms with E-state index in [1.54, 1.807) is 7.11 Å². The van der Waals surface area contributed by atoms with Gasteiger partial charge in [0.2, 0.25) is 0 Å². The normalized spacial score (nSPS) is 24.6. The summed E-state index contributed by atoms with van der Waals surface area (Å²) >= 11 is 0. The Morgan fingerprint density at radius 3 is 2.29 bits per heavy atom. The maximum Gasteiger partial charge on any atom is 0.118 e. The average molecular weight is 289 g/mol. The highest BCUT2D eigenvalue weighted by Crippen LogP contribution is 2.38. The van der Waals surface area contributed by atoms with Crippen LogP contribution in [-0.2, 0) is 0 Å². The number of benzene rings is 1. The Kier molecular flexibility index (Phi) is 5.32. The lowest BCUT2D eigenvalue weighted by atomic mass is 9.69. The summed E-state index contributed by atoms with van der Waals surface area (Å²) in [6, 6.07) is 9.47. The minimum absolute atomic E-state index is 0.387. The van der Waals surface area contributed by atoms with Crippen molar-refractivity contribution in [3.8, 4) is 5.75 Å². The molecule has 2 nitrogen and oxygen atoms in total. The van der Waals surface area contributed by atoms with E-state index >= 15 is 0 Å². The SMILES string of the molecule is COc1ccc(C(C)NC2CCCCC2C(C)(C)C)cc1. The molecule has 0 aromatic heterocycles. The second-order valence-corrected chi connectivity index (χ2v) is 7.52. The van der Waals surface area contributed by atoms with Gasteiger partial charge in [-0.25, -0.2) is 0 Å². The zero-order chi connectivity index (χ0) is 15.5. The molecule has 2 heteroatoms. The lowest BCUT2D eigenvalue weighted by Crippen LogP contribution is -2.45. The first kappa shape index (κ1) is 16.4. The molecule has 21 heavy (non-hydrogen) atoms. The van der Waals surface area contributed by atoms with Crippen LogP contribution in [0, 0.1) is 11.3 Å². The van der Waals surface area contributed by atoms with E-state index in [0.717, 1.165) is 11.7 Å². The summed E-state index contributed by atoms with van der Waals surface area (Å²) in [6.07, 6.45) is 5.41. The maximum absolute atomic E-state index is 5.24. The van der Waals surface area contributed by atoms with E-state index in [9.17, 15) is 0 Å². The van der Waals surface area contributed by atoms with E-state index in [1.165, 1.54) is 31.2 Å². The van der Waals surface area contributed by atoms with Gasteiger partial charge in [-0.1, -0.05) is 45.7 Å². The molecule has 1 N–H and O–H groups in total. The molecule has 1 aromatic carbocycles. The third-order valence-electron chi connectivity index (χ3n) is 4.96. The molecule has 0 saturated heterocycles. The molecule has 0 spiro atoms. The Bertz CT molecular complexity index is 432. The molecule has 0 heterocycles. The van der Waals surface area contributed by atoms with Crippen LogP contribution >= 0.6 is 0 Å². The molecule has 1 aromatic rings. The van der Waals surface area contributed by atoms with Gasteiger partial charge in [-0.3, -0.25) is 0 Å². The number of hydrogen-bond donors (Lipinski definition) is 1. The smallest absolute Gasteiger partial charge is 0.118 e. The number of rotatable bonds is 4. The van der Waals surface area contributed by atoms with Crippen molar-refractivity contribution in [3.05, 3.63) is 29.8 Å². The Balaban J connectivity index is 2.03. The molecule has 2 rings (SSSR count). The highest BCUT2D eigenvalue weighted by Gasteiger charge is 2.34. The summed E-state index contributed by atoms with van der Waals surface area (Å²) in [5, 5.41) is 3.89. The number of hydrogen-bond acceptors (Lipinski definition) is 2. The van der Waals surface area contributed by atoms with E-state index in [0.29, 0.717) is 17.5 Å². The zero-order valence-corrected chi connectivity index (χ0v) is 14.3. The van der Waals surface area contributed by atoms with Gasteiger partial charge >= 0.3 is 0 Å². The summed E-state index contributed by atoms with van der Waals surface area (Å²) in [7, 11) is 1.71. The van der Waals surface area contributed by atoms with Crippen LogP contribution in [0.4, 0.5) is 0 Å². The van der Waals surface area contributed by atoms with Gasteiger partial charge in [0, 0.05) is 12.1 Å². The molecule has 0 aliphatic heterocycles. The minimum atomic E-state index is 0.387. The van der Waals surface area contributed by atoms with Gasteiger partial charge in [0.1, 0.15) is 5.75 Å². The third-order valence-corrected chi connectivity index (χ3v) is 4.96. The summed E-state index contributed by atoms with van der Waals surface area (Å²) in [6.45, 7) is 9.43. The maximum atomic E-state index is 5.24. The van der Waals surface area contributed by atoms with Crippen molar-refractivity contribution < 1.29 is 4.74 Å². The fourth-order valence-corrected chi connectivity index (χ4v) is 3.68. The van der Waals surface area contributed by atoms with E-state index in [1.807, 2.05) is 0 Å². The fraction of sp³-hybridized carbons (Fsp3) is 0.684. The largest absolute Gasteiger partial charge is 0.497 e. The van der Waals surface area contributed by atoms with E-state index in [4.69, 9.17) is 4.74 Å². The molecule has 0 bridgehead atoms. The van der Waals surface area contributed by atoms with Gasteiger partial charge in [-0.15, -0.1) is 0 Å². The highest BCUT2D eigenvalue weighted by molar-refractivity contribution is 5.28. The molecule has 0 radical (unpaired) electrons. The Morgan fingerprint density at radius 2 is 1.71 bits per heavy atom. The highest BCUT2D eigenvalue weighted by atomic mass is 16.5. The van der Waals surface area contributed by atoms with Crippen LogP contribution in [-0.4, -0.2) is 13.2 Å². The predicted octanol–water partition coefficient (Wildman–Crippen LogP) is 4.95. The molecule has 3 atom stereocenters. The topological polar surface area (TPSA) is 21.3 Å². The third kappa shape index (κ3) is 4.23. The summed E-state index contributed by atoms with van der Waals surface area (Å²) in [4.78, 5) is 0. The number of nitrogens with one attached hydrogen (secondary N) is 1. The van der Waals surface area contributed by atoms with Crippen LogP contribution in [0.3, 0.4) is 0 Å². The molecule has 118 valence electrons. The number of ether oxygens (including phenoxy) is 1. The average Bonchev–Trinajstić information content (AvgIpc) is 2.47. The zero-order valence-electron chi connectivity index (χ0n) is 14.3. The molecular weight excluding hydrogens is 258 g/mol. The van der Waals surface area contributed by atoms with Crippen LogP contribution in [0.15, 0.2) is 24.3 Å². The van der Waals surface area contributed by atoms with E-state index in [2.05, 4.69) is 57.3 Å². The summed E-state index contributed by atoms with van der Waals surface area (Å²) in [5.74, 6) is 1.70. The molecule has 1 aliphatic rings. The minimum Gasteiger partial charge on any atom is -0.497 e. The van der Waals surface area contributed by atoms with Crippen molar-refractivity contribution in [2.75, 3.05) is 7.11 Å². The molecule has 1 fully saturated rings. The molecule has 1 aliphatic carbocycles. The van der Waals surface area contributed by atoms with Gasteiger partial charge in [0.25, 0.3) is 0 Å². The van der Waals surface area contributed by atoms with Gasteiger partial charge in [0.05, 0.1) is 7.11 Å². The lowest BCUT2D eigenvalue weighted by molar-refractivity contribution is 0.124. The van der Waals surface area contributed by atoms with E-state index in [-0.39, 0.29) is 0 Å². The molecule has 1 saturated carbocycles. The van der Waals surface area contributed by atoms with E-state index < -0.39 is 0 Å². The van der Waals surface area contributed by atoms with Crippen molar-refractivity contribution in [1.29, 1.82) is 0 Å².